The predicted molar refractivity (Wildman–Crippen MR) is 82.6 cm³/mol. The fraction of sp³-hybridized carbons (Fsp3) is 0.769. The lowest BCUT2D eigenvalue weighted by Gasteiger charge is -2.16. The van der Waals surface area contributed by atoms with Crippen LogP contribution in [-0.2, 0) is 14.3 Å². The van der Waals surface area contributed by atoms with Gasteiger partial charge in [0.15, 0.2) is 0 Å². The summed E-state index contributed by atoms with van der Waals surface area (Å²) in [7, 11) is 0. The first-order valence-corrected chi connectivity index (χ1v) is 8.38. The number of fused-ring (bicyclic) bond motifs is 1. The fourth-order valence-electron chi connectivity index (χ4n) is 2.48. The Morgan fingerprint density at radius 2 is 2.00 bits per heavy atom. The largest absolute Gasteiger partial charge is 0.378 e. The Hall–Kier alpha value is -1.48. The van der Waals surface area contributed by atoms with Crippen LogP contribution in [0.5, 0.6) is 0 Å². The van der Waals surface area contributed by atoms with Crippen molar-refractivity contribution >= 4 is 29.6 Å². The highest BCUT2D eigenvalue weighted by atomic mass is 32.2. The predicted octanol–water partition coefficient (Wildman–Crippen LogP) is -1.19. The zero-order chi connectivity index (χ0) is 15.9. The van der Waals surface area contributed by atoms with Gasteiger partial charge < -0.3 is 26.0 Å². The van der Waals surface area contributed by atoms with Gasteiger partial charge in [-0.25, -0.2) is 4.79 Å². The van der Waals surface area contributed by atoms with Gasteiger partial charge in [0, 0.05) is 37.4 Å². The maximum atomic E-state index is 11.9. The van der Waals surface area contributed by atoms with Gasteiger partial charge in [0.05, 0.1) is 25.3 Å². The molecule has 2 aliphatic rings. The van der Waals surface area contributed by atoms with Crippen molar-refractivity contribution in [3.8, 4) is 0 Å². The second-order valence-electron chi connectivity index (χ2n) is 5.27. The average molecular weight is 330 g/mol. The molecule has 124 valence electrons. The minimum absolute atomic E-state index is 0.0373. The van der Waals surface area contributed by atoms with Crippen LogP contribution in [0.15, 0.2) is 0 Å². The first kappa shape index (κ1) is 16.9. The molecule has 4 amide bonds. The van der Waals surface area contributed by atoms with Crippen molar-refractivity contribution in [2.24, 2.45) is 0 Å². The summed E-state index contributed by atoms with van der Waals surface area (Å²) in [6, 6.07) is 0.0258. The van der Waals surface area contributed by atoms with Crippen LogP contribution in [0, 0.1) is 0 Å². The smallest absolute Gasteiger partial charge is 0.315 e. The highest BCUT2D eigenvalue weighted by molar-refractivity contribution is 8.00. The minimum Gasteiger partial charge on any atom is -0.378 e. The van der Waals surface area contributed by atoms with Gasteiger partial charge in [0.2, 0.25) is 11.8 Å². The first-order chi connectivity index (χ1) is 10.6. The Bertz CT molecular complexity index is 434. The third-order valence-electron chi connectivity index (χ3n) is 3.51. The number of thioether (sulfide) groups is 1. The van der Waals surface area contributed by atoms with Crippen molar-refractivity contribution in [3.05, 3.63) is 0 Å². The van der Waals surface area contributed by atoms with Crippen LogP contribution in [0.25, 0.3) is 0 Å². The Kier molecular flexibility index (Phi) is 6.32. The molecule has 2 aliphatic heterocycles. The standard InChI is InChI=1S/C13H22N4O4S/c1-8(18)14-2-4-21-5-3-15-11(19)6-10-12-9(7-22-10)16-13(20)17-12/h9-10,12H,2-7H2,1H3,(H,14,18)(H,15,19)(H2,16,17,20)/t9-,10?,12-/m0/s1. The van der Waals surface area contributed by atoms with Gasteiger partial charge in [0.1, 0.15) is 0 Å². The van der Waals surface area contributed by atoms with Gasteiger partial charge in [-0.15, -0.1) is 0 Å². The Labute approximate surface area is 133 Å². The lowest BCUT2D eigenvalue weighted by atomic mass is 10.1. The first-order valence-electron chi connectivity index (χ1n) is 7.34. The van der Waals surface area contributed by atoms with Gasteiger partial charge in [-0.2, -0.15) is 11.8 Å². The van der Waals surface area contributed by atoms with E-state index in [1.807, 2.05) is 0 Å². The van der Waals surface area contributed by atoms with E-state index in [1.165, 1.54) is 6.92 Å². The van der Waals surface area contributed by atoms with Crippen molar-refractivity contribution in [1.29, 1.82) is 0 Å². The van der Waals surface area contributed by atoms with E-state index in [0.717, 1.165) is 5.75 Å². The normalized spacial score (nSPS) is 26.0. The molecule has 0 aromatic heterocycles. The number of rotatable bonds is 8. The molecule has 9 heteroatoms. The zero-order valence-electron chi connectivity index (χ0n) is 12.5. The molecule has 2 heterocycles. The lowest BCUT2D eigenvalue weighted by Crippen LogP contribution is -2.40. The van der Waals surface area contributed by atoms with E-state index in [-0.39, 0.29) is 35.2 Å². The van der Waals surface area contributed by atoms with Crippen molar-refractivity contribution in [2.45, 2.75) is 30.7 Å². The van der Waals surface area contributed by atoms with E-state index in [9.17, 15) is 14.4 Å². The molecular weight excluding hydrogens is 308 g/mol. The topological polar surface area (TPSA) is 109 Å². The number of carbonyl (C=O) groups is 3. The summed E-state index contributed by atoms with van der Waals surface area (Å²) >= 11 is 1.71. The number of hydrogen-bond donors (Lipinski definition) is 4. The van der Waals surface area contributed by atoms with Crippen LogP contribution >= 0.6 is 11.8 Å². The SMILES string of the molecule is CC(=O)NCCOCCNC(=O)CC1SC[C@@H]2NC(=O)N[C@H]12. The van der Waals surface area contributed by atoms with Gasteiger partial charge in [-0.1, -0.05) is 0 Å². The number of nitrogens with one attached hydrogen (secondary N) is 4. The van der Waals surface area contributed by atoms with Gasteiger partial charge in [0.25, 0.3) is 0 Å². The van der Waals surface area contributed by atoms with Crippen LogP contribution in [0.1, 0.15) is 13.3 Å². The molecule has 0 saturated carbocycles. The van der Waals surface area contributed by atoms with Crippen LogP contribution in [0.2, 0.25) is 0 Å². The summed E-state index contributed by atoms with van der Waals surface area (Å²) in [6.45, 7) is 3.20. The summed E-state index contributed by atoms with van der Waals surface area (Å²) in [6.07, 6.45) is 0.389. The molecule has 2 saturated heterocycles. The highest BCUT2D eigenvalue weighted by Crippen LogP contribution is 2.31. The summed E-state index contributed by atoms with van der Waals surface area (Å²) < 4.78 is 5.29. The third kappa shape index (κ3) is 5.06. The summed E-state index contributed by atoms with van der Waals surface area (Å²) in [5.74, 6) is 0.718. The van der Waals surface area contributed by atoms with Crippen LogP contribution in [0.3, 0.4) is 0 Å². The summed E-state index contributed by atoms with van der Waals surface area (Å²) in [4.78, 5) is 33.8. The third-order valence-corrected chi connectivity index (χ3v) is 4.95. The van der Waals surface area contributed by atoms with Crippen molar-refractivity contribution in [1.82, 2.24) is 21.3 Å². The van der Waals surface area contributed by atoms with Crippen LogP contribution in [0.4, 0.5) is 4.79 Å². The molecule has 0 aromatic carbocycles. The van der Waals surface area contributed by atoms with E-state index in [4.69, 9.17) is 4.74 Å². The van der Waals surface area contributed by atoms with Gasteiger partial charge in [-0.05, 0) is 0 Å². The van der Waals surface area contributed by atoms with E-state index < -0.39 is 0 Å². The molecule has 0 radical (unpaired) electrons. The van der Waals surface area contributed by atoms with E-state index >= 15 is 0 Å². The van der Waals surface area contributed by atoms with Gasteiger partial charge in [-0.3, -0.25) is 9.59 Å². The van der Waals surface area contributed by atoms with E-state index in [1.54, 1.807) is 11.8 Å². The Morgan fingerprint density at radius 3 is 2.73 bits per heavy atom. The van der Waals surface area contributed by atoms with Crippen molar-refractivity contribution in [3.63, 3.8) is 0 Å². The molecular formula is C13H22N4O4S. The summed E-state index contributed by atoms with van der Waals surface area (Å²) in [5, 5.41) is 11.2. The molecule has 4 N–H and O–H groups in total. The van der Waals surface area contributed by atoms with Gasteiger partial charge >= 0.3 is 6.03 Å². The molecule has 2 fully saturated rings. The molecule has 1 unspecified atom stereocenters. The molecule has 8 nitrogen and oxygen atoms in total. The maximum absolute atomic E-state index is 11.9. The molecule has 3 atom stereocenters. The van der Waals surface area contributed by atoms with Crippen LogP contribution < -0.4 is 21.3 Å². The number of carbonyl (C=O) groups excluding carboxylic acids is 3. The fourth-order valence-corrected chi connectivity index (χ4v) is 3.96. The molecule has 2 rings (SSSR count). The Morgan fingerprint density at radius 1 is 1.27 bits per heavy atom. The molecule has 0 spiro atoms. The van der Waals surface area contributed by atoms with E-state index in [2.05, 4.69) is 21.3 Å². The summed E-state index contributed by atoms with van der Waals surface area (Å²) in [5.41, 5.74) is 0. The second-order valence-corrected chi connectivity index (χ2v) is 6.54. The maximum Gasteiger partial charge on any atom is 0.315 e. The van der Waals surface area contributed by atoms with E-state index in [0.29, 0.717) is 32.7 Å². The minimum atomic E-state index is -0.145. The lowest BCUT2D eigenvalue weighted by molar-refractivity contribution is -0.121. The number of urea groups is 1. The molecule has 22 heavy (non-hydrogen) atoms. The quantitative estimate of drug-likeness (QED) is 0.331. The second kappa shape index (κ2) is 8.23. The monoisotopic (exact) mass is 330 g/mol. The number of hydrogen-bond acceptors (Lipinski definition) is 5. The molecule has 0 bridgehead atoms. The Balaban J connectivity index is 1.53. The number of amides is 4. The molecule has 0 aromatic rings. The average Bonchev–Trinajstić information content (AvgIpc) is 2.98. The zero-order valence-corrected chi connectivity index (χ0v) is 13.3. The van der Waals surface area contributed by atoms with Crippen molar-refractivity contribution in [2.75, 3.05) is 32.1 Å². The van der Waals surface area contributed by atoms with Crippen LogP contribution in [-0.4, -0.2) is 67.2 Å². The number of ether oxygens (including phenoxy) is 1. The highest BCUT2D eigenvalue weighted by Gasteiger charge is 2.43. The molecule has 0 aliphatic carbocycles. The van der Waals surface area contributed by atoms with Crippen molar-refractivity contribution < 1.29 is 19.1 Å².